The number of nitrogens with one attached hydrogen (secondary N) is 4. The molecule has 0 radical (unpaired) electrons. The number of carbonyl (C=O) groups is 1. The molecule has 212 valence electrons. The number of amides is 1. The van der Waals surface area contributed by atoms with Crippen molar-refractivity contribution in [3.8, 4) is 5.75 Å². The Morgan fingerprint density at radius 3 is 2.41 bits per heavy atom. The molecule has 2 aromatic rings. The summed E-state index contributed by atoms with van der Waals surface area (Å²) in [7, 11) is 3.73. The van der Waals surface area contributed by atoms with Gasteiger partial charge in [0.25, 0.3) is 0 Å². The van der Waals surface area contributed by atoms with Gasteiger partial charge in [-0.15, -0.1) is 0 Å². The number of benzene rings is 2. The Kier molecular flexibility index (Phi) is 13.3. The van der Waals surface area contributed by atoms with Gasteiger partial charge in [-0.3, -0.25) is 4.79 Å². The molecule has 0 aliphatic heterocycles. The van der Waals surface area contributed by atoms with Gasteiger partial charge in [-0.25, -0.2) is 0 Å². The first-order valence-electron chi connectivity index (χ1n) is 13.4. The molecule has 8 heteroatoms. The van der Waals surface area contributed by atoms with Crippen molar-refractivity contribution in [2.75, 3.05) is 24.7 Å². The third kappa shape index (κ3) is 10.6. The van der Waals surface area contributed by atoms with Gasteiger partial charge in [0, 0.05) is 54.2 Å². The second-order valence-corrected chi connectivity index (χ2v) is 10.2. The van der Waals surface area contributed by atoms with Crippen LogP contribution in [0.15, 0.2) is 84.5 Å². The number of halogens is 1. The van der Waals surface area contributed by atoms with Crippen LogP contribution in [0.2, 0.25) is 5.02 Å². The van der Waals surface area contributed by atoms with E-state index in [-0.39, 0.29) is 23.8 Å². The third-order valence-electron chi connectivity index (χ3n) is 6.52. The van der Waals surface area contributed by atoms with Crippen LogP contribution in [0.3, 0.4) is 0 Å². The number of ether oxygens (including phenoxy) is 1. The molecule has 1 aliphatic carbocycles. The minimum atomic E-state index is -0.0867. The molecule has 1 amide bonds. The summed E-state index contributed by atoms with van der Waals surface area (Å²) in [5.41, 5.74) is 10.6. The highest BCUT2D eigenvalue weighted by Crippen LogP contribution is 2.33. The third-order valence-corrected chi connectivity index (χ3v) is 6.75. The quantitative estimate of drug-likeness (QED) is 0.212. The topological polar surface area (TPSA) is 100 Å². The summed E-state index contributed by atoms with van der Waals surface area (Å²) in [5, 5.41) is 12.9. The first kappa shape index (κ1) is 31.6. The lowest BCUT2D eigenvalue weighted by Crippen LogP contribution is -2.35. The molecular formula is C31H44ClN5O2. The van der Waals surface area contributed by atoms with Crippen molar-refractivity contribution in [3.05, 3.63) is 89.5 Å². The lowest BCUT2D eigenvalue weighted by atomic mass is 9.79. The van der Waals surface area contributed by atoms with Gasteiger partial charge < -0.3 is 31.7 Å². The summed E-state index contributed by atoms with van der Waals surface area (Å²) in [6.45, 7) is 9.64. The maximum absolute atomic E-state index is 12.8. The first-order valence-corrected chi connectivity index (χ1v) is 13.8. The van der Waals surface area contributed by atoms with Crippen LogP contribution in [0.25, 0.3) is 0 Å². The first-order chi connectivity index (χ1) is 18.7. The van der Waals surface area contributed by atoms with Crippen LogP contribution >= 0.6 is 11.6 Å². The highest BCUT2D eigenvalue weighted by atomic mass is 35.5. The fraction of sp³-hybridized carbons (Fsp3) is 0.387. The van der Waals surface area contributed by atoms with Crippen LogP contribution in [0.5, 0.6) is 5.75 Å². The number of carbonyl (C=O) groups excluding carboxylic acids is 1. The summed E-state index contributed by atoms with van der Waals surface area (Å²) in [6.07, 6.45) is 6.97. The molecule has 1 saturated carbocycles. The van der Waals surface area contributed by atoms with E-state index >= 15 is 0 Å². The molecule has 3 rings (SSSR count). The Morgan fingerprint density at radius 2 is 1.82 bits per heavy atom. The van der Waals surface area contributed by atoms with Crippen molar-refractivity contribution in [2.24, 2.45) is 17.6 Å². The van der Waals surface area contributed by atoms with Gasteiger partial charge in [0.2, 0.25) is 5.91 Å². The standard InChI is InChI=1S/C24H35ClN4O2.C7H9N/c1-6-21(16(4)27-5)29-24(30)18-9-7-8-17(12-18)20(26)14-28-22-13-19(25)10-11-23(22)31-15(2)3;1-8-7-5-3-2-4-6-7/h6,10-11,13-15,17-18,27-28H,1,7-9,12,26H2,2-5H3,(H,29,30);2-6,8H,1H3/b20-14-,21-16+;. The number of nitrogens with two attached hydrogens (primary N) is 1. The largest absolute Gasteiger partial charge is 0.489 e. The highest BCUT2D eigenvalue weighted by Gasteiger charge is 2.29. The van der Waals surface area contributed by atoms with Gasteiger partial charge >= 0.3 is 0 Å². The monoisotopic (exact) mass is 553 g/mol. The van der Waals surface area contributed by atoms with Gasteiger partial charge in [-0.1, -0.05) is 42.8 Å². The van der Waals surface area contributed by atoms with Gasteiger partial charge in [0.1, 0.15) is 5.75 Å². The molecule has 1 aliphatic rings. The van der Waals surface area contributed by atoms with E-state index in [0.29, 0.717) is 22.9 Å². The van der Waals surface area contributed by atoms with E-state index in [0.717, 1.165) is 42.0 Å². The van der Waals surface area contributed by atoms with Crippen molar-refractivity contribution < 1.29 is 9.53 Å². The Labute approximate surface area is 238 Å². The van der Waals surface area contributed by atoms with Crippen LogP contribution in [-0.4, -0.2) is 26.1 Å². The number of rotatable bonds is 10. The highest BCUT2D eigenvalue weighted by molar-refractivity contribution is 6.30. The van der Waals surface area contributed by atoms with Crippen molar-refractivity contribution >= 4 is 28.9 Å². The number of hydrogen-bond acceptors (Lipinski definition) is 6. The molecular weight excluding hydrogens is 510 g/mol. The number of anilines is 2. The van der Waals surface area contributed by atoms with E-state index in [4.69, 9.17) is 22.1 Å². The predicted molar refractivity (Wildman–Crippen MR) is 165 cm³/mol. The van der Waals surface area contributed by atoms with Gasteiger partial charge in [-0.05, 0) is 76.4 Å². The summed E-state index contributed by atoms with van der Waals surface area (Å²) < 4.78 is 5.84. The minimum absolute atomic E-state index is 0.0115. The Morgan fingerprint density at radius 1 is 1.13 bits per heavy atom. The maximum Gasteiger partial charge on any atom is 0.227 e. The zero-order valence-corrected chi connectivity index (χ0v) is 24.6. The fourth-order valence-electron chi connectivity index (χ4n) is 4.25. The van der Waals surface area contributed by atoms with Crippen LogP contribution in [-0.2, 0) is 4.79 Å². The zero-order valence-electron chi connectivity index (χ0n) is 23.8. The second-order valence-electron chi connectivity index (χ2n) is 9.75. The predicted octanol–water partition coefficient (Wildman–Crippen LogP) is 6.63. The lowest BCUT2D eigenvalue weighted by molar-refractivity contribution is -0.125. The second kappa shape index (κ2) is 16.4. The summed E-state index contributed by atoms with van der Waals surface area (Å²) in [5.74, 6) is 0.772. The number of para-hydroxylation sites is 1. The molecule has 7 nitrogen and oxygen atoms in total. The van der Waals surface area contributed by atoms with Crippen LogP contribution in [0, 0.1) is 11.8 Å². The minimum Gasteiger partial charge on any atom is -0.489 e. The van der Waals surface area contributed by atoms with Crippen molar-refractivity contribution in [3.63, 3.8) is 0 Å². The number of allylic oxidation sites excluding steroid dienone is 3. The van der Waals surface area contributed by atoms with E-state index in [9.17, 15) is 4.79 Å². The molecule has 1 fully saturated rings. The smallest absolute Gasteiger partial charge is 0.227 e. The fourth-order valence-corrected chi connectivity index (χ4v) is 4.43. The van der Waals surface area contributed by atoms with E-state index in [1.54, 1.807) is 18.3 Å². The average Bonchev–Trinajstić information content (AvgIpc) is 2.95. The maximum atomic E-state index is 12.8. The molecule has 0 bridgehead atoms. The lowest BCUT2D eigenvalue weighted by Gasteiger charge is -2.29. The average molecular weight is 554 g/mol. The molecule has 0 aromatic heterocycles. The van der Waals surface area contributed by atoms with Gasteiger partial charge in [0.05, 0.1) is 17.5 Å². The van der Waals surface area contributed by atoms with E-state index in [1.807, 2.05) is 77.3 Å². The SMILES string of the molecule is C=C/C(NC(=O)C1CCCC(/C(N)=C/Nc2cc(Cl)ccc2OC(C)C)C1)=C(/C)NC.CNc1ccccc1. The summed E-state index contributed by atoms with van der Waals surface area (Å²) in [4.78, 5) is 12.8. The molecule has 0 heterocycles. The zero-order chi connectivity index (χ0) is 28.8. The van der Waals surface area contributed by atoms with Crippen LogP contribution in [0.4, 0.5) is 11.4 Å². The molecule has 2 atom stereocenters. The molecule has 2 aromatic carbocycles. The van der Waals surface area contributed by atoms with Gasteiger partial charge in [-0.2, -0.15) is 0 Å². The Balaban J connectivity index is 0.000000568. The Bertz CT molecular complexity index is 1130. The van der Waals surface area contributed by atoms with Crippen LogP contribution < -0.4 is 31.7 Å². The van der Waals surface area contributed by atoms with Crippen molar-refractivity contribution in [1.82, 2.24) is 10.6 Å². The van der Waals surface area contributed by atoms with E-state index in [2.05, 4.69) is 27.8 Å². The Hall–Kier alpha value is -3.58. The number of hydrogen-bond donors (Lipinski definition) is 5. The van der Waals surface area contributed by atoms with Crippen molar-refractivity contribution in [1.29, 1.82) is 0 Å². The summed E-state index contributed by atoms with van der Waals surface area (Å²) >= 11 is 6.15. The molecule has 6 N–H and O–H groups in total. The van der Waals surface area contributed by atoms with E-state index in [1.165, 1.54) is 0 Å². The molecule has 0 spiro atoms. The normalized spacial score (nSPS) is 17.7. The van der Waals surface area contributed by atoms with Crippen LogP contribution in [0.1, 0.15) is 46.5 Å². The molecule has 0 saturated heterocycles. The van der Waals surface area contributed by atoms with Gasteiger partial charge in [0.15, 0.2) is 0 Å². The molecule has 2 unspecified atom stereocenters. The van der Waals surface area contributed by atoms with E-state index < -0.39 is 0 Å². The molecule has 39 heavy (non-hydrogen) atoms. The summed E-state index contributed by atoms with van der Waals surface area (Å²) in [6, 6.07) is 15.5. The van der Waals surface area contributed by atoms with Crippen molar-refractivity contribution in [2.45, 2.75) is 52.6 Å².